The van der Waals surface area contributed by atoms with E-state index in [9.17, 15) is 0 Å². The van der Waals surface area contributed by atoms with Gasteiger partial charge in [-0.25, -0.2) is 0 Å². The van der Waals surface area contributed by atoms with Crippen LogP contribution in [-0.4, -0.2) is 13.1 Å². The maximum Gasteiger partial charge on any atom is 0.0587 e. The molecule has 1 nitrogen and oxygen atoms in total. The van der Waals surface area contributed by atoms with Gasteiger partial charge in [0.1, 0.15) is 0 Å². The first-order valence-corrected chi connectivity index (χ1v) is 4.47. The second-order valence-electron chi connectivity index (χ2n) is 4.13. The van der Waals surface area contributed by atoms with E-state index in [1.165, 1.54) is 50.1 Å². The summed E-state index contributed by atoms with van der Waals surface area (Å²) < 4.78 is 0. The lowest BCUT2D eigenvalue weighted by molar-refractivity contribution is -0.869. The monoisotopic (exact) mass is 139 g/mol. The molecule has 1 aliphatic carbocycles. The summed E-state index contributed by atoms with van der Waals surface area (Å²) in [6.07, 6.45) is 7.37. The lowest BCUT2D eigenvalue weighted by Crippen LogP contribution is -3.09. The van der Waals surface area contributed by atoms with Crippen LogP contribution in [-0.2, 0) is 0 Å². The first kappa shape index (κ1) is 6.66. The summed E-state index contributed by atoms with van der Waals surface area (Å²) in [7, 11) is 4.09. The minimum absolute atomic E-state index is 0.773. The van der Waals surface area contributed by atoms with Crippen LogP contribution in [0.4, 0.5) is 0 Å². The van der Waals surface area contributed by atoms with Crippen molar-refractivity contribution in [2.75, 3.05) is 13.1 Å². The van der Waals surface area contributed by atoms with Crippen molar-refractivity contribution in [1.29, 1.82) is 0 Å². The third-order valence-electron chi connectivity index (χ3n) is 3.28. The Balaban J connectivity index is 1.96. The molecule has 1 heterocycles. The Morgan fingerprint density at radius 1 is 1.10 bits per heavy atom. The molecule has 0 aromatic heterocycles. The molecule has 1 spiro atoms. The van der Waals surface area contributed by atoms with Gasteiger partial charge in [-0.1, -0.05) is 6.42 Å². The standard InChI is InChI=1S/C9H17N/c1-10-7-3-6-9(8-10)4-2-5-9/h10H,1-8H2. The molecule has 2 fully saturated rings. The summed E-state index contributed by atoms with van der Waals surface area (Å²) in [4.78, 5) is 1.52. The molecule has 0 bridgehead atoms. The van der Waals surface area contributed by atoms with Gasteiger partial charge < -0.3 is 4.90 Å². The van der Waals surface area contributed by atoms with Crippen LogP contribution in [0, 0.1) is 12.5 Å². The Morgan fingerprint density at radius 2 is 1.80 bits per heavy atom. The molecule has 58 valence electrons. The maximum absolute atomic E-state index is 4.09. The van der Waals surface area contributed by atoms with E-state index in [2.05, 4.69) is 7.05 Å². The zero-order chi connectivity index (χ0) is 7.03. The molecule has 1 saturated heterocycles. The van der Waals surface area contributed by atoms with Gasteiger partial charge in [0.2, 0.25) is 0 Å². The van der Waals surface area contributed by atoms with Gasteiger partial charge in [-0.15, -0.1) is 0 Å². The van der Waals surface area contributed by atoms with Crippen molar-refractivity contribution < 1.29 is 4.90 Å². The number of piperidine rings is 1. The molecule has 0 aromatic carbocycles. The predicted octanol–water partition coefficient (Wildman–Crippen LogP) is 0.627. The van der Waals surface area contributed by atoms with Crippen molar-refractivity contribution in [2.24, 2.45) is 5.41 Å². The molecule has 0 aromatic rings. The highest BCUT2D eigenvalue weighted by Crippen LogP contribution is 2.44. The molecule has 1 unspecified atom stereocenters. The average molecular weight is 139 g/mol. The van der Waals surface area contributed by atoms with Crippen LogP contribution in [0.3, 0.4) is 0 Å². The minimum Gasteiger partial charge on any atom is -0.467 e. The van der Waals surface area contributed by atoms with Gasteiger partial charge in [0.15, 0.2) is 0 Å². The fourth-order valence-corrected chi connectivity index (χ4v) is 2.52. The molecule has 1 saturated carbocycles. The third-order valence-corrected chi connectivity index (χ3v) is 3.28. The lowest BCUT2D eigenvalue weighted by Gasteiger charge is -2.48. The number of rotatable bonds is 0. The van der Waals surface area contributed by atoms with Gasteiger partial charge in [0.25, 0.3) is 0 Å². The Labute approximate surface area is 63.4 Å². The molecule has 1 aliphatic heterocycles. The van der Waals surface area contributed by atoms with E-state index in [1.807, 2.05) is 0 Å². The zero-order valence-electron chi connectivity index (χ0n) is 6.66. The molecular formula is C9H17N. The largest absolute Gasteiger partial charge is 0.467 e. The van der Waals surface area contributed by atoms with Crippen LogP contribution in [0.1, 0.15) is 32.1 Å². The Kier molecular flexibility index (Phi) is 1.48. The van der Waals surface area contributed by atoms with E-state index in [1.54, 1.807) is 0 Å². The second-order valence-corrected chi connectivity index (χ2v) is 4.13. The highest BCUT2D eigenvalue weighted by Gasteiger charge is 2.40. The van der Waals surface area contributed by atoms with Gasteiger partial charge in [0, 0.05) is 5.41 Å². The first-order valence-electron chi connectivity index (χ1n) is 4.47. The van der Waals surface area contributed by atoms with Crippen molar-refractivity contribution in [3.05, 3.63) is 7.05 Å². The van der Waals surface area contributed by atoms with Crippen LogP contribution >= 0.6 is 0 Å². The maximum atomic E-state index is 4.09. The second kappa shape index (κ2) is 2.23. The summed E-state index contributed by atoms with van der Waals surface area (Å²) in [5, 5.41) is 0. The quantitative estimate of drug-likeness (QED) is 0.469. The smallest absolute Gasteiger partial charge is 0.0587 e. The number of nitrogens with one attached hydrogen (secondary N) is 1. The fourth-order valence-electron chi connectivity index (χ4n) is 2.52. The van der Waals surface area contributed by atoms with Gasteiger partial charge in [0.05, 0.1) is 13.1 Å². The highest BCUT2D eigenvalue weighted by atomic mass is 15.1. The van der Waals surface area contributed by atoms with E-state index in [0.717, 1.165) is 5.41 Å². The zero-order valence-corrected chi connectivity index (χ0v) is 6.66. The Morgan fingerprint density at radius 3 is 2.20 bits per heavy atom. The van der Waals surface area contributed by atoms with Gasteiger partial charge in [-0.05, 0) is 25.7 Å². The van der Waals surface area contributed by atoms with Crippen LogP contribution in [0.5, 0.6) is 0 Å². The molecular weight excluding hydrogens is 122 g/mol. The van der Waals surface area contributed by atoms with Crippen LogP contribution in [0.2, 0.25) is 0 Å². The molecule has 1 N–H and O–H groups in total. The van der Waals surface area contributed by atoms with E-state index >= 15 is 0 Å². The van der Waals surface area contributed by atoms with Crippen molar-refractivity contribution in [3.8, 4) is 0 Å². The first-order chi connectivity index (χ1) is 4.81. The van der Waals surface area contributed by atoms with E-state index in [4.69, 9.17) is 0 Å². The van der Waals surface area contributed by atoms with Crippen molar-refractivity contribution >= 4 is 0 Å². The summed E-state index contributed by atoms with van der Waals surface area (Å²) in [5.41, 5.74) is 0.773. The number of hydrogen-bond donors (Lipinski definition) is 1. The van der Waals surface area contributed by atoms with Gasteiger partial charge >= 0.3 is 0 Å². The van der Waals surface area contributed by atoms with Crippen molar-refractivity contribution in [1.82, 2.24) is 0 Å². The summed E-state index contributed by atoms with van der Waals surface area (Å²) in [6, 6.07) is 0. The summed E-state index contributed by atoms with van der Waals surface area (Å²) >= 11 is 0. The molecule has 0 amide bonds. The van der Waals surface area contributed by atoms with Crippen LogP contribution in [0.15, 0.2) is 0 Å². The summed E-state index contributed by atoms with van der Waals surface area (Å²) in [5.74, 6) is 0. The van der Waals surface area contributed by atoms with E-state index in [-0.39, 0.29) is 0 Å². The molecule has 1 atom stereocenters. The minimum atomic E-state index is 0.773. The van der Waals surface area contributed by atoms with Crippen LogP contribution < -0.4 is 4.90 Å². The van der Waals surface area contributed by atoms with E-state index in [0.29, 0.717) is 0 Å². The van der Waals surface area contributed by atoms with Crippen molar-refractivity contribution in [2.45, 2.75) is 32.1 Å². The molecule has 1 heteroatoms. The van der Waals surface area contributed by atoms with Gasteiger partial charge in [-0.3, -0.25) is 0 Å². The third kappa shape index (κ3) is 0.968. The topological polar surface area (TPSA) is 4.44 Å². The van der Waals surface area contributed by atoms with Crippen LogP contribution in [0.25, 0.3) is 0 Å². The SMILES string of the molecule is [CH2-][NH+]1CCCC2(CCC2)C1. The number of hydrogen-bond acceptors (Lipinski definition) is 0. The summed E-state index contributed by atoms with van der Waals surface area (Å²) in [6.45, 7) is 2.66. The van der Waals surface area contributed by atoms with Gasteiger partial charge in [-0.2, -0.15) is 7.05 Å². The molecule has 2 aliphatic rings. The lowest BCUT2D eigenvalue weighted by atomic mass is 9.64. The normalized spacial score (nSPS) is 37.5. The number of likely N-dealkylation sites (tertiary alicyclic amines) is 1. The fraction of sp³-hybridized carbons (Fsp3) is 0.889. The Bertz CT molecular complexity index is 127. The molecule has 0 radical (unpaired) electrons. The van der Waals surface area contributed by atoms with E-state index < -0.39 is 0 Å². The Hall–Kier alpha value is -0.0400. The highest BCUT2D eigenvalue weighted by molar-refractivity contribution is 4.88. The molecule has 10 heavy (non-hydrogen) atoms. The average Bonchev–Trinajstić information content (AvgIpc) is 1.85. The molecule has 2 rings (SSSR count). The predicted molar refractivity (Wildman–Crippen MR) is 41.6 cm³/mol. The van der Waals surface area contributed by atoms with Crippen molar-refractivity contribution in [3.63, 3.8) is 0 Å². The number of quaternary nitrogens is 1.